The minimum atomic E-state index is -0.669. The van der Waals surface area contributed by atoms with Gasteiger partial charge in [0.1, 0.15) is 5.75 Å². The van der Waals surface area contributed by atoms with E-state index in [9.17, 15) is 5.11 Å². The monoisotopic (exact) mass is 226 g/mol. The Kier molecular flexibility index (Phi) is 2.65. The van der Waals surface area contributed by atoms with E-state index >= 15 is 0 Å². The highest BCUT2D eigenvalue weighted by atomic mass is 35.5. The average Bonchev–Trinajstić information content (AvgIpc) is 2.46. The molecule has 1 aliphatic rings. The molecule has 15 heavy (non-hydrogen) atoms. The first-order valence-electron chi connectivity index (χ1n) is 5.10. The minimum absolute atomic E-state index is 0.249. The highest BCUT2D eigenvalue weighted by Gasteiger charge is 2.29. The maximum atomic E-state index is 9.78. The maximum absolute atomic E-state index is 9.78. The Hall–Kier alpha value is -0.730. The molecule has 0 saturated carbocycles. The SMILES string of the molecule is CC(C)(O)CC1COc2ccc(Cl)cc21. The van der Waals surface area contributed by atoms with Crippen LogP contribution in [0.4, 0.5) is 0 Å². The van der Waals surface area contributed by atoms with Crippen LogP contribution in [0.5, 0.6) is 5.75 Å². The maximum Gasteiger partial charge on any atom is 0.123 e. The van der Waals surface area contributed by atoms with Crippen molar-refractivity contribution in [1.82, 2.24) is 0 Å². The van der Waals surface area contributed by atoms with E-state index in [-0.39, 0.29) is 5.92 Å². The third-order valence-corrected chi connectivity index (χ3v) is 2.83. The zero-order valence-electron chi connectivity index (χ0n) is 8.96. The molecule has 82 valence electrons. The first-order chi connectivity index (χ1) is 6.96. The fraction of sp³-hybridized carbons (Fsp3) is 0.500. The molecule has 2 nitrogen and oxygen atoms in total. The summed E-state index contributed by atoms with van der Waals surface area (Å²) in [4.78, 5) is 0. The molecule has 1 N–H and O–H groups in total. The summed E-state index contributed by atoms with van der Waals surface area (Å²) in [5.74, 6) is 1.15. The number of rotatable bonds is 2. The van der Waals surface area contributed by atoms with Gasteiger partial charge in [0.2, 0.25) is 0 Å². The normalized spacial score (nSPS) is 19.9. The zero-order valence-corrected chi connectivity index (χ0v) is 9.71. The second-order valence-electron chi connectivity index (χ2n) is 4.71. The Balaban J connectivity index is 2.24. The fourth-order valence-corrected chi connectivity index (χ4v) is 2.20. The van der Waals surface area contributed by atoms with E-state index in [2.05, 4.69) is 0 Å². The van der Waals surface area contributed by atoms with Gasteiger partial charge in [0.15, 0.2) is 0 Å². The lowest BCUT2D eigenvalue weighted by molar-refractivity contribution is 0.0602. The molecule has 0 spiro atoms. The molecule has 0 saturated heterocycles. The Bertz CT molecular complexity index is 368. The molecule has 1 aromatic carbocycles. The van der Waals surface area contributed by atoms with Crippen molar-refractivity contribution in [2.75, 3.05) is 6.61 Å². The van der Waals surface area contributed by atoms with Gasteiger partial charge < -0.3 is 9.84 Å². The third kappa shape index (κ3) is 2.44. The third-order valence-electron chi connectivity index (χ3n) is 2.60. The van der Waals surface area contributed by atoms with Crippen LogP contribution in [0.2, 0.25) is 5.02 Å². The summed E-state index contributed by atoms with van der Waals surface area (Å²) < 4.78 is 5.54. The summed E-state index contributed by atoms with van der Waals surface area (Å²) in [6, 6.07) is 5.65. The van der Waals surface area contributed by atoms with Crippen molar-refractivity contribution in [3.8, 4) is 5.75 Å². The van der Waals surface area contributed by atoms with Crippen molar-refractivity contribution < 1.29 is 9.84 Å². The largest absolute Gasteiger partial charge is 0.493 e. The molecular weight excluding hydrogens is 212 g/mol. The van der Waals surface area contributed by atoms with E-state index in [1.807, 2.05) is 32.0 Å². The average molecular weight is 227 g/mol. The van der Waals surface area contributed by atoms with Gasteiger partial charge in [0.25, 0.3) is 0 Å². The van der Waals surface area contributed by atoms with Gasteiger partial charge in [-0.1, -0.05) is 11.6 Å². The number of aliphatic hydroxyl groups is 1. The van der Waals surface area contributed by atoms with Crippen LogP contribution >= 0.6 is 11.6 Å². The summed E-state index contributed by atoms with van der Waals surface area (Å²) in [5.41, 5.74) is 0.447. The number of hydrogen-bond acceptors (Lipinski definition) is 2. The van der Waals surface area contributed by atoms with Crippen LogP contribution < -0.4 is 4.74 Å². The zero-order chi connectivity index (χ0) is 11.1. The first kappa shape index (κ1) is 10.8. The van der Waals surface area contributed by atoms with E-state index in [1.165, 1.54) is 0 Å². The molecule has 0 aliphatic carbocycles. The summed E-state index contributed by atoms with van der Waals surface area (Å²) in [6.45, 7) is 4.27. The molecule has 0 radical (unpaired) electrons. The van der Waals surface area contributed by atoms with E-state index in [0.717, 1.165) is 16.3 Å². The number of fused-ring (bicyclic) bond motifs is 1. The van der Waals surface area contributed by atoms with Gasteiger partial charge in [-0.3, -0.25) is 0 Å². The van der Waals surface area contributed by atoms with Gasteiger partial charge >= 0.3 is 0 Å². The second-order valence-corrected chi connectivity index (χ2v) is 5.14. The highest BCUT2D eigenvalue weighted by molar-refractivity contribution is 6.30. The summed E-state index contributed by atoms with van der Waals surface area (Å²) >= 11 is 5.94. The van der Waals surface area contributed by atoms with Gasteiger partial charge in [0.05, 0.1) is 12.2 Å². The molecule has 1 aliphatic heterocycles. The van der Waals surface area contributed by atoms with Crippen molar-refractivity contribution in [2.45, 2.75) is 31.8 Å². The number of halogens is 1. The minimum Gasteiger partial charge on any atom is -0.493 e. The topological polar surface area (TPSA) is 29.5 Å². The van der Waals surface area contributed by atoms with Crippen molar-refractivity contribution in [1.29, 1.82) is 0 Å². The second kappa shape index (κ2) is 3.69. The van der Waals surface area contributed by atoms with Gasteiger partial charge in [-0.05, 0) is 38.5 Å². The molecule has 3 heteroatoms. The van der Waals surface area contributed by atoms with Crippen molar-refractivity contribution in [2.24, 2.45) is 0 Å². The Morgan fingerprint density at radius 3 is 2.93 bits per heavy atom. The van der Waals surface area contributed by atoms with Crippen LogP contribution in [0.1, 0.15) is 31.7 Å². The molecule has 2 rings (SSSR count). The van der Waals surface area contributed by atoms with Crippen LogP contribution in [0, 0.1) is 0 Å². The highest BCUT2D eigenvalue weighted by Crippen LogP contribution is 2.39. The predicted molar refractivity (Wildman–Crippen MR) is 60.6 cm³/mol. The van der Waals surface area contributed by atoms with Gasteiger partial charge in [-0.15, -0.1) is 0 Å². The summed E-state index contributed by atoms with van der Waals surface area (Å²) in [7, 11) is 0. The van der Waals surface area contributed by atoms with Gasteiger partial charge in [-0.2, -0.15) is 0 Å². The predicted octanol–water partition coefficient (Wildman–Crippen LogP) is 2.98. The van der Waals surface area contributed by atoms with Crippen molar-refractivity contribution in [3.05, 3.63) is 28.8 Å². The molecule has 1 atom stereocenters. The number of benzene rings is 1. The Morgan fingerprint density at radius 2 is 2.27 bits per heavy atom. The lowest BCUT2D eigenvalue weighted by atomic mass is 9.89. The van der Waals surface area contributed by atoms with Crippen LogP contribution in [0.3, 0.4) is 0 Å². The first-order valence-corrected chi connectivity index (χ1v) is 5.48. The summed E-state index contributed by atoms with van der Waals surface area (Å²) in [5, 5.41) is 10.5. The van der Waals surface area contributed by atoms with Crippen molar-refractivity contribution >= 4 is 11.6 Å². The fourth-order valence-electron chi connectivity index (χ4n) is 2.02. The molecule has 1 aromatic rings. The van der Waals surface area contributed by atoms with Crippen LogP contribution in [-0.4, -0.2) is 17.3 Å². The molecular formula is C12H15ClO2. The number of hydrogen-bond donors (Lipinski definition) is 1. The van der Waals surface area contributed by atoms with Gasteiger partial charge in [-0.25, -0.2) is 0 Å². The molecule has 0 bridgehead atoms. The lowest BCUT2D eigenvalue weighted by Gasteiger charge is -2.20. The smallest absolute Gasteiger partial charge is 0.123 e. The van der Waals surface area contributed by atoms with E-state index in [0.29, 0.717) is 13.0 Å². The standard InChI is InChI=1S/C12H15ClO2/c1-12(2,14)6-8-7-15-11-4-3-9(13)5-10(8)11/h3-5,8,14H,6-7H2,1-2H3. The molecule has 1 heterocycles. The van der Waals surface area contributed by atoms with Crippen LogP contribution in [0.25, 0.3) is 0 Å². The van der Waals surface area contributed by atoms with Crippen LogP contribution in [-0.2, 0) is 0 Å². The molecule has 1 unspecified atom stereocenters. The Morgan fingerprint density at radius 1 is 1.53 bits per heavy atom. The quantitative estimate of drug-likeness (QED) is 0.840. The summed E-state index contributed by atoms with van der Waals surface area (Å²) in [6.07, 6.45) is 0.695. The van der Waals surface area contributed by atoms with Gasteiger partial charge in [0, 0.05) is 16.5 Å². The molecule has 0 amide bonds. The Labute approximate surface area is 94.8 Å². The molecule has 0 fully saturated rings. The van der Waals surface area contributed by atoms with E-state index in [1.54, 1.807) is 0 Å². The van der Waals surface area contributed by atoms with E-state index in [4.69, 9.17) is 16.3 Å². The molecule has 0 aromatic heterocycles. The van der Waals surface area contributed by atoms with Crippen molar-refractivity contribution in [3.63, 3.8) is 0 Å². The van der Waals surface area contributed by atoms with Crippen LogP contribution in [0.15, 0.2) is 18.2 Å². The number of ether oxygens (including phenoxy) is 1. The lowest BCUT2D eigenvalue weighted by Crippen LogP contribution is -2.22. The van der Waals surface area contributed by atoms with E-state index < -0.39 is 5.60 Å².